The van der Waals surface area contributed by atoms with Crippen LogP contribution in [-0.4, -0.2) is 44.5 Å². The van der Waals surface area contributed by atoms with E-state index in [-0.39, 0.29) is 24.0 Å². The molecule has 0 aromatic carbocycles. The van der Waals surface area contributed by atoms with Crippen molar-refractivity contribution in [3.8, 4) is 0 Å². The van der Waals surface area contributed by atoms with Crippen molar-refractivity contribution in [2.24, 2.45) is 10.7 Å². The molecule has 1 aliphatic carbocycles. The van der Waals surface area contributed by atoms with Crippen LogP contribution in [0.25, 0.3) is 0 Å². The second-order valence-corrected chi connectivity index (χ2v) is 4.40. The van der Waals surface area contributed by atoms with Crippen LogP contribution in [0, 0.1) is 0 Å². The summed E-state index contributed by atoms with van der Waals surface area (Å²) in [5, 5.41) is 3.15. The molecule has 1 aliphatic heterocycles. The Hall–Kier alpha value is -0.0800. The number of nitrogens with one attached hydrogen (secondary N) is 1. The zero-order chi connectivity index (χ0) is 11.2. The van der Waals surface area contributed by atoms with Crippen LogP contribution in [0.1, 0.15) is 25.7 Å². The Kier molecular flexibility index (Phi) is 7.14. The molecule has 0 radical (unpaired) electrons. The van der Waals surface area contributed by atoms with Gasteiger partial charge in [0.2, 0.25) is 0 Å². The summed E-state index contributed by atoms with van der Waals surface area (Å²) in [5.41, 5.74) is 5.70. The van der Waals surface area contributed by atoms with Gasteiger partial charge in [0.05, 0.1) is 12.7 Å². The maximum atomic E-state index is 5.70. The van der Waals surface area contributed by atoms with E-state index in [9.17, 15) is 0 Å². The van der Waals surface area contributed by atoms with Gasteiger partial charge in [0.1, 0.15) is 0 Å². The first-order valence-electron chi connectivity index (χ1n) is 6.10. The number of hydrogen-bond acceptors (Lipinski definition) is 3. The molecule has 0 aromatic heterocycles. The summed E-state index contributed by atoms with van der Waals surface area (Å²) in [5.74, 6) is 0.576. The van der Waals surface area contributed by atoms with Crippen molar-refractivity contribution < 1.29 is 9.47 Å². The van der Waals surface area contributed by atoms with Crippen molar-refractivity contribution in [3.05, 3.63) is 0 Å². The molecule has 5 nitrogen and oxygen atoms in total. The minimum atomic E-state index is 0. The number of nitrogens with two attached hydrogens (primary N) is 1. The van der Waals surface area contributed by atoms with Gasteiger partial charge >= 0.3 is 0 Å². The third-order valence-corrected chi connectivity index (χ3v) is 2.76. The normalized spacial score (nSPS) is 24.5. The minimum absolute atomic E-state index is 0. The summed E-state index contributed by atoms with van der Waals surface area (Å²) >= 11 is 0. The molecule has 1 heterocycles. The van der Waals surface area contributed by atoms with Crippen LogP contribution in [0.4, 0.5) is 0 Å². The predicted molar refractivity (Wildman–Crippen MR) is 77.9 cm³/mol. The van der Waals surface area contributed by atoms with E-state index in [0.29, 0.717) is 18.1 Å². The van der Waals surface area contributed by atoms with E-state index in [4.69, 9.17) is 15.2 Å². The average molecular weight is 355 g/mol. The van der Waals surface area contributed by atoms with Crippen LogP contribution in [0.3, 0.4) is 0 Å². The standard InChI is InChI=1S/C11H21N3O2.HI/c12-11(14-9-2-3-9)13-5-1-6-16-10-4-7-15-8-10;/h9-10H,1-8H2,(H3,12,13,14);1H. The van der Waals surface area contributed by atoms with Crippen LogP contribution >= 0.6 is 24.0 Å². The summed E-state index contributed by atoms with van der Waals surface area (Å²) in [4.78, 5) is 4.24. The lowest BCUT2D eigenvalue weighted by Gasteiger charge is -2.08. The number of ether oxygens (including phenoxy) is 2. The number of nitrogens with zero attached hydrogens (tertiary/aromatic N) is 1. The highest BCUT2D eigenvalue weighted by atomic mass is 127. The zero-order valence-electron chi connectivity index (χ0n) is 10.1. The Labute approximate surface area is 120 Å². The number of aliphatic imine (C=N–C) groups is 1. The van der Waals surface area contributed by atoms with E-state index in [1.54, 1.807) is 0 Å². The van der Waals surface area contributed by atoms with Crippen LogP contribution in [0.2, 0.25) is 0 Å². The topological polar surface area (TPSA) is 68.9 Å². The zero-order valence-corrected chi connectivity index (χ0v) is 12.4. The first-order valence-corrected chi connectivity index (χ1v) is 6.10. The van der Waals surface area contributed by atoms with Crippen molar-refractivity contribution in [2.45, 2.75) is 37.8 Å². The number of rotatable bonds is 6. The van der Waals surface area contributed by atoms with E-state index in [1.807, 2.05) is 0 Å². The van der Waals surface area contributed by atoms with E-state index in [0.717, 1.165) is 39.2 Å². The Morgan fingerprint density at radius 2 is 2.24 bits per heavy atom. The van der Waals surface area contributed by atoms with Gasteiger partial charge in [0, 0.05) is 25.8 Å². The lowest BCUT2D eigenvalue weighted by molar-refractivity contribution is 0.0424. The highest BCUT2D eigenvalue weighted by molar-refractivity contribution is 14.0. The first kappa shape index (κ1) is 15.0. The van der Waals surface area contributed by atoms with Crippen LogP contribution in [0.15, 0.2) is 4.99 Å². The van der Waals surface area contributed by atoms with Crippen molar-refractivity contribution in [1.82, 2.24) is 5.32 Å². The number of hydrogen-bond donors (Lipinski definition) is 2. The Morgan fingerprint density at radius 1 is 1.41 bits per heavy atom. The maximum Gasteiger partial charge on any atom is 0.188 e. The van der Waals surface area contributed by atoms with Gasteiger partial charge in [-0.25, -0.2) is 0 Å². The van der Waals surface area contributed by atoms with Crippen LogP contribution < -0.4 is 11.1 Å². The fourth-order valence-corrected chi connectivity index (χ4v) is 1.64. The van der Waals surface area contributed by atoms with Gasteiger partial charge in [-0.3, -0.25) is 4.99 Å². The molecule has 17 heavy (non-hydrogen) atoms. The lowest BCUT2D eigenvalue weighted by atomic mass is 10.3. The second kappa shape index (κ2) is 8.10. The number of guanidine groups is 1. The van der Waals surface area contributed by atoms with Crippen molar-refractivity contribution in [3.63, 3.8) is 0 Å². The maximum absolute atomic E-state index is 5.70. The molecule has 2 rings (SSSR count). The molecule has 1 atom stereocenters. The van der Waals surface area contributed by atoms with E-state index in [2.05, 4.69) is 10.3 Å². The average Bonchev–Trinajstić information content (AvgIpc) is 2.93. The molecular weight excluding hydrogens is 333 g/mol. The first-order chi connectivity index (χ1) is 7.84. The quantitative estimate of drug-likeness (QED) is 0.321. The van der Waals surface area contributed by atoms with Crippen molar-refractivity contribution in [1.29, 1.82) is 0 Å². The summed E-state index contributed by atoms with van der Waals surface area (Å²) < 4.78 is 10.8. The molecule has 0 aromatic rings. The molecule has 1 saturated heterocycles. The molecule has 3 N–H and O–H groups in total. The summed E-state index contributed by atoms with van der Waals surface area (Å²) in [6, 6.07) is 0.579. The fraction of sp³-hybridized carbons (Fsp3) is 0.909. The Balaban J connectivity index is 0.00000144. The van der Waals surface area contributed by atoms with Crippen molar-refractivity contribution >= 4 is 29.9 Å². The van der Waals surface area contributed by atoms with Gasteiger partial charge in [-0.05, 0) is 25.7 Å². The number of halogens is 1. The molecule has 100 valence electrons. The molecule has 2 aliphatic rings. The van der Waals surface area contributed by atoms with Gasteiger partial charge in [0.15, 0.2) is 5.96 Å². The third kappa shape index (κ3) is 6.42. The Bertz CT molecular complexity index is 241. The smallest absolute Gasteiger partial charge is 0.188 e. The highest BCUT2D eigenvalue weighted by Crippen LogP contribution is 2.17. The van der Waals surface area contributed by atoms with Gasteiger partial charge < -0.3 is 20.5 Å². The van der Waals surface area contributed by atoms with E-state index >= 15 is 0 Å². The third-order valence-electron chi connectivity index (χ3n) is 2.76. The van der Waals surface area contributed by atoms with Gasteiger partial charge in [-0.2, -0.15) is 0 Å². The van der Waals surface area contributed by atoms with Gasteiger partial charge in [-0.15, -0.1) is 24.0 Å². The summed E-state index contributed by atoms with van der Waals surface area (Å²) in [6.07, 6.45) is 4.69. The van der Waals surface area contributed by atoms with Crippen LogP contribution in [0.5, 0.6) is 0 Å². The molecule has 0 spiro atoms. The molecule has 1 unspecified atom stereocenters. The summed E-state index contributed by atoms with van der Waals surface area (Å²) in [7, 11) is 0. The monoisotopic (exact) mass is 355 g/mol. The second-order valence-electron chi connectivity index (χ2n) is 4.40. The largest absolute Gasteiger partial charge is 0.379 e. The molecule has 1 saturated carbocycles. The molecule has 0 bridgehead atoms. The van der Waals surface area contributed by atoms with E-state index in [1.165, 1.54) is 12.8 Å². The predicted octanol–water partition coefficient (Wildman–Crippen LogP) is 0.867. The fourth-order valence-electron chi connectivity index (χ4n) is 1.64. The van der Waals surface area contributed by atoms with Gasteiger partial charge in [0.25, 0.3) is 0 Å². The molecule has 6 heteroatoms. The summed E-state index contributed by atoms with van der Waals surface area (Å²) in [6.45, 7) is 3.06. The Morgan fingerprint density at radius 3 is 2.88 bits per heavy atom. The minimum Gasteiger partial charge on any atom is -0.379 e. The lowest BCUT2D eigenvalue weighted by Crippen LogP contribution is -2.33. The van der Waals surface area contributed by atoms with E-state index < -0.39 is 0 Å². The SMILES string of the molecule is I.NC(=NCCCOC1CCOC1)NC1CC1. The highest BCUT2D eigenvalue weighted by Gasteiger charge is 2.21. The molecule has 0 amide bonds. The van der Waals surface area contributed by atoms with Crippen LogP contribution in [-0.2, 0) is 9.47 Å². The molecule has 2 fully saturated rings. The van der Waals surface area contributed by atoms with Gasteiger partial charge in [-0.1, -0.05) is 0 Å². The molecular formula is C11H22IN3O2. The van der Waals surface area contributed by atoms with Crippen molar-refractivity contribution in [2.75, 3.05) is 26.4 Å².